The fourth-order valence-electron chi connectivity index (χ4n) is 3.74. The Morgan fingerprint density at radius 2 is 1.79 bits per heavy atom. The van der Waals surface area contributed by atoms with E-state index in [-0.39, 0.29) is 16.2 Å². The number of aromatic amines is 1. The standard InChI is InChI=1S/C22H19F3N2O2S.C2H4O2/c1-4-30(28,29)15-7-5-6-14(9-15)16-10-18(22(23,24)25)13(3)20-19(16)17-8-12(2)11-26-21(17)27-20;1-2(3)4/h5-11H,4H2,1-3H3,(H,26,27);1H3,(H,3,4). The first-order valence-electron chi connectivity index (χ1n) is 10.3. The molecule has 6 nitrogen and oxygen atoms in total. The van der Waals surface area contributed by atoms with Gasteiger partial charge in [-0.3, -0.25) is 4.79 Å². The predicted molar refractivity (Wildman–Crippen MR) is 125 cm³/mol. The highest BCUT2D eigenvalue weighted by molar-refractivity contribution is 7.91. The summed E-state index contributed by atoms with van der Waals surface area (Å²) in [4.78, 5) is 16.4. The van der Waals surface area contributed by atoms with Crippen molar-refractivity contribution in [2.45, 2.75) is 38.8 Å². The summed E-state index contributed by atoms with van der Waals surface area (Å²) in [6.45, 7) is 5.90. The van der Waals surface area contributed by atoms with Gasteiger partial charge in [0.1, 0.15) is 5.65 Å². The van der Waals surface area contributed by atoms with Gasteiger partial charge in [0.05, 0.1) is 21.7 Å². The van der Waals surface area contributed by atoms with Crippen molar-refractivity contribution >= 4 is 37.7 Å². The van der Waals surface area contributed by atoms with Crippen LogP contribution < -0.4 is 0 Å². The number of aryl methyl sites for hydroxylation is 2. The van der Waals surface area contributed by atoms with E-state index >= 15 is 0 Å². The molecule has 0 atom stereocenters. The second-order valence-corrected chi connectivity index (χ2v) is 10.1. The highest BCUT2D eigenvalue weighted by Gasteiger charge is 2.34. The second kappa shape index (κ2) is 9.09. The number of pyridine rings is 1. The van der Waals surface area contributed by atoms with E-state index < -0.39 is 27.5 Å². The molecule has 10 heteroatoms. The van der Waals surface area contributed by atoms with E-state index in [1.807, 2.05) is 13.0 Å². The number of aliphatic carboxylic acids is 1. The first-order valence-corrected chi connectivity index (χ1v) is 11.9. The topological polar surface area (TPSA) is 100 Å². The van der Waals surface area contributed by atoms with Gasteiger partial charge in [-0.05, 0) is 60.4 Å². The van der Waals surface area contributed by atoms with Gasteiger partial charge in [-0.1, -0.05) is 19.1 Å². The molecule has 4 aromatic rings. The Kier molecular flexibility index (Phi) is 6.75. The van der Waals surface area contributed by atoms with Crippen LogP contribution in [0.4, 0.5) is 13.2 Å². The summed E-state index contributed by atoms with van der Waals surface area (Å²) >= 11 is 0. The minimum atomic E-state index is -4.55. The van der Waals surface area contributed by atoms with E-state index in [1.165, 1.54) is 26.0 Å². The molecule has 4 rings (SSSR count). The number of fused-ring (bicyclic) bond motifs is 3. The molecule has 0 aliphatic heterocycles. The van der Waals surface area contributed by atoms with Gasteiger partial charge in [0.2, 0.25) is 0 Å². The Morgan fingerprint density at radius 1 is 1.15 bits per heavy atom. The third-order valence-corrected chi connectivity index (χ3v) is 7.05. The maximum absolute atomic E-state index is 13.8. The summed E-state index contributed by atoms with van der Waals surface area (Å²) in [7, 11) is -3.51. The summed E-state index contributed by atoms with van der Waals surface area (Å²) in [5.41, 5.74) is 1.73. The van der Waals surface area contributed by atoms with E-state index in [0.29, 0.717) is 33.1 Å². The lowest BCUT2D eigenvalue weighted by Crippen LogP contribution is -2.08. The van der Waals surface area contributed by atoms with E-state index in [1.54, 1.807) is 18.3 Å². The molecule has 2 heterocycles. The molecule has 2 aromatic carbocycles. The van der Waals surface area contributed by atoms with Crippen LogP contribution in [0.1, 0.15) is 30.5 Å². The second-order valence-electron chi connectivity index (χ2n) is 7.83. The average Bonchev–Trinajstić information content (AvgIpc) is 3.12. The molecule has 0 aliphatic rings. The van der Waals surface area contributed by atoms with Crippen molar-refractivity contribution in [1.29, 1.82) is 0 Å². The molecule has 2 aromatic heterocycles. The summed E-state index contributed by atoms with van der Waals surface area (Å²) < 4.78 is 66.0. The van der Waals surface area contributed by atoms with Crippen LogP contribution in [0.25, 0.3) is 33.1 Å². The number of aromatic nitrogens is 2. The van der Waals surface area contributed by atoms with Gasteiger partial charge in [-0.25, -0.2) is 13.4 Å². The zero-order valence-corrected chi connectivity index (χ0v) is 19.7. The molecule has 0 saturated heterocycles. The molecule has 0 radical (unpaired) electrons. The molecule has 0 bridgehead atoms. The minimum absolute atomic E-state index is 0.0780. The normalized spacial score (nSPS) is 12.0. The number of halogens is 3. The van der Waals surface area contributed by atoms with Gasteiger partial charge < -0.3 is 10.1 Å². The third kappa shape index (κ3) is 4.91. The summed E-state index contributed by atoms with van der Waals surface area (Å²) in [5.74, 6) is -0.927. The Labute approximate surface area is 194 Å². The number of rotatable bonds is 3. The van der Waals surface area contributed by atoms with Crippen LogP contribution >= 0.6 is 0 Å². The fraction of sp³-hybridized carbons (Fsp3) is 0.250. The van der Waals surface area contributed by atoms with Crippen LogP contribution in [-0.2, 0) is 20.8 Å². The smallest absolute Gasteiger partial charge is 0.416 e. The van der Waals surface area contributed by atoms with Crippen LogP contribution in [0.3, 0.4) is 0 Å². The number of nitrogens with one attached hydrogen (secondary N) is 1. The van der Waals surface area contributed by atoms with Crippen molar-refractivity contribution in [2.75, 3.05) is 5.75 Å². The number of carboxylic acid groups (broad SMARTS) is 1. The first-order chi connectivity index (χ1) is 15.8. The number of nitrogens with zero attached hydrogens (tertiary/aromatic N) is 1. The Morgan fingerprint density at radius 3 is 2.38 bits per heavy atom. The van der Waals surface area contributed by atoms with Crippen LogP contribution in [0.15, 0.2) is 47.5 Å². The number of carbonyl (C=O) groups is 1. The minimum Gasteiger partial charge on any atom is -0.481 e. The van der Waals surface area contributed by atoms with Crippen LogP contribution in [-0.4, -0.2) is 35.2 Å². The van der Waals surface area contributed by atoms with Gasteiger partial charge >= 0.3 is 6.18 Å². The molecular weight excluding hydrogens is 469 g/mol. The average molecular weight is 493 g/mol. The van der Waals surface area contributed by atoms with Crippen molar-refractivity contribution in [3.05, 3.63) is 59.3 Å². The number of hydrogen-bond acceptors (Lipinski definition) is 4. The summed E-state index contributed by atoms with van der Waals surface area (Å²) in [6, 6.07) is 9.04. The number of H-pyrrole nitrogens is 1. The quantitative estimate of drug-likeness (QED) is 0.371. The molecule has 0 spiro atoms. The number of sulfone groups is 1. The monoisotopic (exact) mass is 492 g/mol. The Hall–Kier alpha value is -3.40. The largest absolute Gasteiger partial charge is 0.481 e. The van der Waals surface area contributed by atoms with Gasteiger partial charge in [0.25, 0.3) is 5.97 Å². The highest BCUT2D eigenvalue weighted by atomic mass is 32.2. The Balaban J connectivity index is 0.000000751. The van der Waals surface area contributed by atoms with E-state index in [0.717, 1.165) is 18.6 Å². The maximum atomic E-state index is 13.8. The van der Waals surface area contributed by atoms with Crippen molar-refractivity contribution in [2.24, 2.45) is 0 Å². The zero-order valence-electron chi connectivity index (χ0n) is 18.9. The lowest BCUT2D eigenvalue weighted by molar-refractivity contribution is -0.138. The summed E-state index contributed by atoms with van der Waals surface area (Å²) in [5, 5.41) is 8.71. The number of alkyl halides is 3. The van der Waals surface area contributed by atoms with Crippen molar-refractivity contribution < 1.29 is 31.5 Å². The Bertz CT molecular complexity index is 1500. The molecule has 0 fully saturated rings. The molecule has 2 N–H and O–H groups in total. The maximum Gasteiger partial charge on any atom is 0.416 e. The predicted octanol–water partition coefficient (Wildman–Crippen LogP) is 5.90. The third-order valence-electron chi connectivity index (χ3n) is 5.31. The summed E-state index contributed by atoms with van der Waals surface area (Å²) in [6.07, 6.45) is -2.91. The number of benzene rings is 2. The van der Waals surface area contributed by atoms with Crippen molar-refractivity contribution in [3.8, 4) is 11.1 Å². The number of hydrogen-bond donors (Lipinski definition) is 2. The molecule has 34 heavy (non-hydrogen) atoms. The molecule has 0 saturated carbocycles. The van der Waals surface area contributed by atoms with E-state index in [2.05, 4.69) is 9.97 Å². The zero-order chi connectivity index (χ0) is 25.4. The lowest BCUT2D eigenvalue weighted by atomic mass is 9.93. The lowest BCUT2D eigenvalue weighted by Gasteiger charge is -2.15. The van der Waals surface area contributed by atoms with Gasteiger partial charge in [0.15, 0.2) is 9.84 Å². The van der Waals surface area contributed by atoms with E-state index in [9.17, 15) is 21.6 Å². The van der Waals surface area contributed by atoms with Gasteiger partial charge in [-0.15, -0.1) is 0 Å². The number of carboxylic acids is 1. The van der Waals surface area contributed by atoms with E-state index in [4.69, 9.17) is 9.90 Å². The molecule has 180 valence electrons. The highest BCUT2D eigenvalue weighted by Crippen LogP contribution is 2.42. The molecule has 0 unspecified atom stereocenters. The first kappa shape index (κ1) is 25.2. The SMILES string of the molecule is CC(=O)O.CCS(=O)(=O)c1cccc(-c2cc(C(F)(F)F)c(C)c3[nH]c4ncc(C)cc4c23)c1. The van der Waals surface area contributed by atoms with Crippen LogP contribution in [0.2, 0.25) is 0 Å². The van der Waals surface area contributed by atoms with Gasteiger partial charge in [0, 0.05) is 23.9 Å². The van der Waals surface area contributed by atoms with Crippen LogP contribution in [0, 0.1) is 13.8 Å². The fourth-order valence-corrected chi connectivity index (χ4v) is 4.67. The van der Waals surface area contributed by atoms with Crippen molar-refractivity contribution in [3.63, 3.8) is 0 Å². The van der Waals surface area contributed by atoms with Crippen LogP contribution in [0.5, 0.6) is 0 Å². The molecular formula is C24H23F3N2O4S. The van der Waals surface area contributed by atoms with Gasteiger partial charge in [-0.2, -0.15) is 13.2 Å². The van der Waals surface area contributed by atoms with Crippen molar-refractivity contribution in [1.82, 2.24) is 9.97 Å². The molecule has 0 amide bonds. The molecule has 0 aliphatic carbocycles.